The van der Waals surface area contributed by atoms with Crippen LogP contribution in [0.1, 0.15) is 58.8 Å². The Morgan fingerprint density at radius 2 is 1.57 bits per heavy atom. The number of unbranched alkanes of at least 4 members (excludes halogenated alkanes) is 3. The van der Waals surface area contributed by atoms with Crippen molar-refractivity contribution >= 4 is 20.0 Å². The van der Waals surface area contributed by atoms with Gasteiger partial charge >= 0.3 is 7.60 Å². The molecule has 128 valence electrons. The van der Waals surface area contributed by atoms with E-state index < -0.39 is 7.60 Å². The van der Waals surface area contributed by atoms with Crippen LogP contribution in [0.4, 0.5) is 0 Å². The van der Waals surface area contributed by atoms with E-state index >= 15 is 0 Å². The predicted molar refractivity (Wildman–Crippen MR) is 91.7 cm³/mol. The third kappa shape index (κ3) is 9.91. The fraction of sp³-hybridized carbons (Fsp3) is 1.00. The summed E-state index contributed by atoms with van der Waals surface area (Å²) in [6.45, 7) is 7.04. The zero-order chi connectivity index (χ0) is 14.7. The molecule has 1 aliphatic heterocycles. The van der Waals surface area contributed by atoms with Crippen LogP contribution in [0, 0.1) is 5.92 Å². The van der Waals surface area contributed by atoms with Crippen molar-refractivity contribution < 1.29 is 13.6 Å². The Hall–Kier alpha value is 0.400. The Morgan fingerprint density at radius 1 is 1.00 bits per heavy atom. The van der Waals surface area contributed by atoms with Crippen LogP contribution in [-0.2, 0) is 13.6 Å². The van der Waals surface area contributed by atoms with Crippen LogP contribution in [-0.4, -0.2) is 32.5 Å². The van der Waals surface area contributed by atoms with E-state index in [-0.39, 0.29) is 12.4 Å². The highest BCUT2D eigenvalue weighted by molar-refractivity contribution is 7.53. The molecular weight excluding hydrogens is 309 g/mol. The summed E-state index contributed by atoms with van der Waals surface area (Å²) in [6.07, 6.45) is 9.23. The zero-order valence-electron chi connectivity index (χ0n) is 13.6. The van der Waals surface area contributed by atoms with Gasteiger partial charge in [0.1, 0.15) is 0 Å². The van der Waals surface area contributed by atoms with Crippen LogP contribution >= 0.6 is 20.0 Å². The number of nitrogens with one attached hydrogen (secondary N) is 1. The quantitative estimate of drug-likeness (QED) is 0.440. The molecule has 21 heavy (non-hydrogen) atoms. The van der Waals surface area contributed by atoms with Gasteiger partial charge in [-0.3, -0.25) is 4.57 Å². The summed E-state index contributed by atoms with van der Waals surface area (Å²) in [5.74, 6) is 0.925. The first-order valence-corrected chi connectivity index (χ1v) is 10.0. The summed E-state index contributed by atoms with van der Waals surface area (Å²) in [6, 6.07) is 0. The average Bonchev–Trinajstić information content (AvgIpc) is 2.44. The molecule has 6 heteroatoms. The molecule has 0 saturated carbocycles. The molecule has 0 aromatic heterocycles. The van der Waals surface area contributed by atoms with E-state index in [0.717, 1.165) is 18.8 Å². The first kappa shape index (κ1) is 21.4. The summed E-state index contributed by atoms with van der Waals surface area (Å²) in [5, 5.41) is 3.41. The van der Waals surface area contributed by atoms with Crippen molar-refractivity contribution in [3.63, 3.8) is 0 Å². The van der Waals surface area contributed by atoms with Gasteiger partial charge in [0.15, 0.2) is 0 Å². The molecule has 0 aromatic rings. The van der Waals surface area contributed by atoms with Gasteiger partial charge in [-0.05, 0) is 52.1 Å². The van der Waals surface area contributed by atoms with E-state index in [1.807, 2.05) is 13.8 Å². The predicted octanol–water partition coefficient (Wildman–Crippen LogP) is 4.62. The van der Waals surface area contributed by atoms with Gasteiger partial charge in [0.25, 0.3) is 0 Å². The second-order valence-corrected chi connectivity index (χ2v) is 7.75. The van der Waals surface area contributed by atoms with E-state index in [0.29, 0.717) is 19.4 Å². The largest absolute Gasteiger partial charge is 0.330 e. The number of hydrogen-bond donors (Lipinski definition) is 1. The first-order chi connectivity index (χ1) is 9.70. The highest BCUT2D eigenvalue weighted by Gasteiger charge is 2.22. The highest BCUT2D eigenvalue weighted by atomic mass is 35.5. The van der Waals surface area contributed by atoms with Crippen LogP contribution < -0.4 is 5.32 Å². The Kier molecular flexibility index (Phi) is 13.1. The molecule has 0 amide bonds. The van der Waals surface area contributed by atoms with Crippen LogP contribution in [0.2, 0.25) is 0 Å². The zero-order valence-corrected chi connectivity index (χ0v) is 15.4. The fourth-order valence-corrected chi connectivity index (χ4v) is 4.55. The maximum atomic E-state index is 12.2. The van der Waals surface area contributed by atoms with Gasteiger partial charge in [-0.25, -0.2) is 0 Å². The average molecular weight is 342 g/mol. The molecule has 1 rings (SSSR count). The Labute approximate surface area is 136 Å². The lowest BCUT2D eigenvalue weighted by molar-refractivity contribution is 0.219. The summed E-state index contributed by atoms with van der Waals surface area (Å²) in [4.78, 5) is 0. The SMILES string of the molecule is CCOP(=O)(CCCCCCC1CCNCC1)OCC.Cl. The lowest BCUT2D eigenvalue weighted by Crippen LogP contribution is -2.27. The molecule has 0 bridgehead atoms. The van der Waals surface area contributed by atoms with Crippen LogP contribution in [0.5, 0.6) is 0 Å². The molecule has 0 radical (unpaired) electrons. The van der Waals surface area contributed by atoms with E-state index in [4.69, 9.17) is 9.05 Å². The van der Waals surface area contributed by atoms with Crippen molar-refractivity contribution in [1.29, 1.82) is 0 Å². The van der Waals surface area contributed by atoms with Crippen LogP contribution in [0.3, 0.4) is 0 Å². The van der Waals surface area contributed by atoms with Gasteiger partial charge < -0.3 is 14.4 Å². The minimum Gasteiger partial charge on any atom is -0.317 e. The Balaban J connectivity index is 0.00000400. The third-order valence-electron chi connectivity index (χ3n) is 3.90. The fourth-order valence-electron chi connectivity index (χ4n) is 2.82. The second kappa shape index (κ2) is 12.9. The molecule has 0 spiro atoms. The smallest absolute Gasteiger partial charge is 0.317 e. The summed E-state index contributed by atoms with van der Waals surface area (Å²) >= 11 is 0. The van der Waals surface area contributed by atoms with Gasteiger partial charge in [0.2, 0.25) is 0 Å². The van der Waals surface area contributed by atoms with E-state index in [1.165, 1.54) is 45.2 Å². The Bertz CT molecular complexity index is 276. The van der Waals surface area contributed by atoms with E-state index in [9.17, 15) is 4.57 Å². The normalized spacial score (nSPS) is 16.7. The van der Waals surface area contributed by atoms with Crippen LogP contribution in [0.25, 0.3) is 0 Å². The molecule has 1 aliphatic rings. The topological polar surface area (TPSA) is 47.6 Å². The van der Waals surface area contributed by atoms with Gasteiger partial charge in [0, 0.05) is 0 Å². The number of piperidine rings is 1. The molecular formula is C15H33ClNO3P. The van der Waals surface area contributed by atoms with Crippen LogP contribution in [0.15, 0.2) is 0 Å². The lowest BCUT2D eigenvalue weighted by atomic mass is 9.92. The van der Waals surface area contributed by atoms with Gasteiger partial charge in [0.05, 0.1) is 19.4 Å². The molecule has 0 atom stereocenters. The number of halogens is 1. The third-order valence-corrected chi connectivity index (χ3v) is 6.07. The standard InChI is InChI=1S/C15H32NO3P.ClH/c1-3-18-20(17,19-4-2)14-8-6-5-7-9-15-10-12-16-13-11-15;/h15-16H,3-14H2,1-2H3;1H. The van der Waals surface area contributed by atoms with Crippen molar-refractivity contribution in [2.75, 3.05) is 32.5 Å². The monoisotopic (exact) mass is 341 g/mol. The maximum Gasteiger partial charge on any atom is 0.330 e. The van der Waals surface area contributed by atoms with Crippen molar-refractivity contribution in [3.8, 4) is 0 Å². The number of rotatable bonds is 11. The van der Waals surface area contributed by atoms with Gasteiger partial charge in [-0.2, -0.15) is 0 Å². The molecule has 1 saturated heterocycles. The number of hydrogen-bond acceptors (Lipinski definition) is 4. The summed E-state index contributed by atoms with van der Waals surface area (Å²) in [7, 11) is -2.80. The minimum absolute atomic E-state index is 0. The maximum absolute atomic E-state index is 12.2. The Morgan fingerprint density at radius 3 is 2.14 bits per heavy atom. The highest BCUT2D eigenvalue weighted by Crippen LogP contribution is 2.48. The van der Waals surface area contributed by atoms with Crippen molar-refractivity contribution in [2.45, 2.75) is 58.8 Å². The molecule has 0 unspecified atom stereocenters. The molecule has 4 nitrogen and oxygen atoms in total. The van der Waals surface area contributed by atoms with Crippen molar-refractivity contribution in [3.05, 3.63) is 0 Å². The van der Waals surface area contributed by atoms with Gasteiger partial charge in [-0.1, -0.05) is 25.7 Å². The molecule has 1 fully saturated rings. The van der Waals surface area contributed by atoms with E-state index in [1.54, 1.807) is 0 Å². The van der Waals surface area contributed by atoms with E-state index in [2.05, 4.69) is 5.32 Å². The van der Waals surface area contributed by atoms with Gasteiger partial charge in [-0.15, -0.1) is 12.4 Å². The van der Waals surface area contributed by atoms with Crippen molar-refractivity contribution in [1.82, 2.24) is 5.32 Å². The first-order valence-electron chi connectivity index (χ1n) is 8.29. The summed E-state index contributed by atoms with van der Waals surface area (Å²) < 4.78 is 22.8. The molecule has 0 aliphatic carbocycles. The molecule has 1 heterocycles. The summed E-state index contributed by atoms with van der Waals surface area (Å²) in [5.41, 5.74) is 0. The lowest BCUT2D eigenvalue weighted by Gasteiger charge is -2.22. The van der Waals surface area contributed by atoms with Crippen molar-refractivity contribution in [2.24, 2.45) is 5.92 Å². The second-order valence-electron chi connectivity index (χ2n) is 5.57. The molecule has 0 aromatic carbocycles. The minimum atomic E-state index is -2.80. The molecule has 1 N–H and O–H groups in total.